The molecule has 1 saturated heterocycles. The third kappa shape index (κ3) is 4.02. The molecule has 1 amide bonds. The molecule has 6 nitrogen and oxygen atoms in total. The first-order chi connectivity index (χ1) is 13.2. The topological polar surface area (TPSA) is 68.5 Å². The molecule has 0 spiro atoms. The van der Waals surface area contributed by atoms with E-state index in [4.69, 9.17) is 20.8 Å². The van der Waals surface area contributed by atoms with Crippen LogP contribution in [0, 0.1) is 0 Å². The van der Waals surface area contributed by atoms with Gasteiger partial charge >= 0.3 is 0 Å². The Labute approximate surface area is 161 Å². The number of amides is 1. The molecule has 0 N–H and O–H groups in total. The molecule has 27 heavy (non-hydrogen) atoms. The van der Waals surface area contributed by atoms with E-state index in [-0.39, 0.29) is 12.0 Å². The van der Waals surface area contributed by atoms with E-state index < -0.39 is 0 Å². The van der Waals surface area contributed by atoms with Gasteiger partial charge in [-0.25, -0.2) is 4.98 Å². The van der Waals surface area contributed by atoms with Crippen LogP contribution in [-0.2, 0) is 11.2 Å². The molecular weight excluding hydrogens is 366 g/mol. The molecule has 1 unspecified atom stereocenters. The van der Waals surface area contributed by atoms with Crippen molar-refractivity contribution in [2.24, 2.45) is 0 Å². The van der Waals surface area contributed by atoms with Crippen LogP contribution in [0.2, 0.25) is 5.02 Å². The first-order valence-electron chi connectivity index (χ1n) is 8.69. The minimum atomic E-state index is -0.385. The van der Waals surface area contributed by atoms with Gasteiger partial charge in [-0.1, -0.05) is 29.8 Å². The van der Waals surface area contributed by atoms with Crippen LogP contribution in [0.3, 0.4) is 0 Å². The predicted octanol–water partition coefficient (Wildman–Crippen LogP) is 3.53. The normalized spacial score (nSPS) is 17.1. The molecule has 1 aromatic carbocycles. The summed E-state index contributed by atoms with van der Waals surface area (Å²) in [5.74, 6) is 1.14. The summed E-state index contributed by atoms with van der Waals surface area (Å²) in [5, 5.41) is 0.693. The van der Waals surface area contributed by atoms with E-state index in [0.29, 0.717) is 48.4 Å². The zero-order valence-electron chi connectivity index (χ0n) is 14.5. The summed E-state index contributed by atoms with van der Waals surface area (Å²) >= 11 is 6.21. The lowest BCUT2D eigenvalue weighted by Crippen LogP contribution is -2.42. The Kier molecular flexibility index (Phi) is 5.18. The van der Waals surface area contributed by atoms with E-state index in [9.17, 15) is 4.79 Å². The van der Waals surface area contributed by atoms with Gasteiger partial charge in [0.25, 0.3) is 5.91 Å². The summed E-state index contributed by atoms with van der Waals surface area (Å²) < 4.78 is 11.7. The van der Waals surface area contributed by atoms with Gasteiger partial charge in [0.05, 0.1) is 19.3 Å². The van der Waals surface area contributed by atoms with Crippen molar-refractivity contribution in [1.82, 2.24) is 14.9 Å². The van der Waals surface area contributed by atoms with Crippen molar-refractivity contribution in [3.63, 3.8) is 0 Å². The third-order valence-corrected chi connectivity index (χ3v) is 4.82. The molecule has 1 atom stereocenters. The summed E-state index contributed by atoms with van der Waals surface area (Å²) in [4.78, 5) is 22.7. The number of pyridine rings is 1. The monoisotopic (exact) mass is 383 g/mol. The summed E-state index contributed by atoms with van der Waals surface area (Å²) in [6.07, 6.45) is 5.08. The largest absolute Gasteiger partial charge is 0.442 e. The van der Waals surface area contributed by atoms with E-state index in [1.807, 2.05) is 24.3 Å². The highest BCUT2D eigenvalue weighted by Gasteiger charge is 2.29. The van der Waals surface area contributed by atoms with Crippen molar-refractivity contribution in [2.45, 2.75) is 12.5 Å². The van der Waals surface area contributed by atoms with Gasteiger partial charge in [-0.3, -0.25) is 9.78 Å². The van der Waals surface area contributed by atoms with E-state index in [2.05, 4.69) is 9.97 Å². The molecule has 3 heterocycles. The number of aromatic nitrogens is 2. The molecule has 1 aliphatic heterocycles. The lowest BCUT2D eigenvalue weighted by Gasteiger charge is -2.31. The zero-order chi connectivity index (χ0) is 18.6. The van der Waals surface area contributed by atoms with Crippen LogP contribution >= 0.6 is 11.6 Å². The number of hydrogen-bond acceptors (Lipinski definition) is 5. The van der Waals surface area contributed by atoms with Crippen LogP contribution in [0.1, 0.15) is 33.7 Å². The minimum Gasteiger partial charge on any atom is -0.442 e. The highest BCUT2D eigenvalue weighted by atomic mass is 35.5. The first-order valence-corrected chi connectivity index (χ1v) is 9.07. The lowest BCUT2D eigenvalue weighted by molar-refractivity contribution is -0.0349. The molecule has 0 saturated carbocycles. The average Bonchev–Trinajstić information content (AvgIpc) is 3.19. The number of rotatable bonds is 4. The highest BCUT2D eigenvalue weighted by Crippen LogP contribution is 2.25. The molecule has 2 aromatic heterocycles. The molecule has 4 rings (SSSR count). The quantitative estimate of drug-likeness (QED) is 0.689. The van der Waals surface area contributed by atoms with E-state index in [0.717, 1.165) is 5.56 Å². The number of nitrogens with zero attached hydrogens (tertiary/aromatic N) is 3. The van der Waals surface area contributed by atoms with Crippen molar-refractivity contribution in [3.05, 3.63) is 82.8 Å². The molecule has 0 aliphatic carbocycles. The summed E-state index contributed by atoms with van der Waals surface area (Å²) in [7, 11) is 0. The predicted molar refractivity (Wildman–Crippen MR) is 99.6 cm³/mol. The van der Waals surface area contributed by atoms with Crippen LogP contribution in [0.25, 0.3) is 0 Å². The smallest absolute Gasteiger partial charge is 0.254 e. The van der Waals surface area contributed by atoms with Crippen molar-refractivity contribution in [1.29, 1.82) is 0 Å². The van der Waals surface area contributed by atoms with Crippen molar-refractivity contribution in [2.75, 3.05) is 19.7 Å². The number of ether oxygens (including phenoxy) is 1. The molecule has 1 fully saturated rings. The maximum absolute atomic E-state index is 12.6. The van der Waals surface area contributed by atoms with Crippen molar-refractivity contribution < 1.29 is 13.9 Å². The van der Waals surface area contributed by atoms with Crippen LogP contribution in [0.15, 0.2) is 59.4 Å². The maximum atomic E-state index is 12.6. The van der Waals surface area contributed by atoms with Gasteiger partial charge < -0.3 is 14.1 Å². The fourth-order valence-corrected chi connectivity index (χ4v) is 3.25. The lowest BCUT2D eigenvalue weighted by atomic mass is 10.1. The number of halogens is 1. The summed E-state index contributed by atoms with van der Waals surface area (Å²) in [5.41, 5.74) is 1.58. The van der Waals surface area contributed by atoms with Gasteiger partial charge in [0, 0.05) is 35.9 Å². The van der Waals surface area contributed by atoms with Crippen LogP contribution in [0.5, 0.6) is 0 Å². The van der Waals surface area contributed by atoms with Crippen LogP contribution < -0.4 is 0 Å². The Balaban J connectivity index is 1.45. The minimum absolute atomic E-state index is 0.0476. The van der Waals surface area contributed by atoms with Crippen molar-refractivity contribution >= 4 is 17.5 Å². The SMILES string of the molecule is O=C(c1ccncc1)N1CCOC(c2ncc(Cc3ccccc3Cl)o2)C1. The van der Waals surface area contributed by atoms with Gasteiger partial charge in [0.15, 0.2) is 6.10 Å². The second-order valence-corrected chi connectivity index (χ2v) is 6.69. The summed E-state index contributed by atoms with van der Waals surface area (Å²) in [6, 6.07) is 11.0. The van der Waals surface area contributed by atoms with E-state index in [1.165, 1.54) is 0 Å². The van der Waals surface area contributed by atoms with Crippen molar-refractivity contribution in [3.8, 4) is 0 Å². The van der Waals surface area contributed by atoms with Gasteiger partial charge in [0.1, 0.15) is 5.76 Å². The molecular formula is C20H18ClN3O3. The van der Waals surface area contributed by atoms with Gasteiger partial charge in [-0.15, -0.1) is 0 Å². The number of benzene rings is 1. The standard InChI is InChI=1S/C20H18ClN3O3/c21-17-4-2-1-3-15(17)11-16-12-23-19(27-16)18-13-24(9-10-26-18)20(25)14-5-7-22-8-6-14/h1-8,12,18H,9-11,13H2. The Hall–Kier alpha value is -2.70. The fourth-order valence-electron chi connectivity index (χ4n) is 3.04. The van der Waals surface area contributed by atoms with Crippen LogP contribution in [-0.4, -0.2) is 40.5 Å². The summed E-state index contributed by atoms with van der Waals surface area (Å²) in [6.45, 7) is 1.36. The fraction of sp³-hybridized carbons (Fsp3) is 0.250. The van der Waals surface area contributed by atoms with Gasteiger partial charge in [-0.2, -0.15) is 0 Å². The molecule has 138 valence electrons. The second kappa shape index (κ2) is 7.90. The number of carbonyl (C=O) groups is 1. The van der Waals surface area contributed by atoms with Gasteiger partial charge in [-0.05, 0) is 23.8 Å². The molecule has 0 bridgehead atoms. The number of morpholine rings is 1. The van der Waals surface area contributed by atoms with E-state index >= 15 is 0 Å². The maximum Gasteiger partial charge on any atom is 0.254 e. The number of carbonyl (C=O) groups excluding carboxylic acids is 1. The highest BCUT2D eigenvalue weighted by molar-refractivity contribution is 6.31. The third-order valence-electron chi connectivity index (χ3n) is 4.45. The molecule has 3 aromatic rings. The number of hydrogen-bond donors (Lipinski definition) is 0. The molecule has 7 heteroatoms. The Bertz CT molecular complexity index is 929. The Morgan fingerprint density at radius 3 is 2.85 bits per heavy atom. The first kappa shape index (κ1) is 17.7. The van der Waals surface area contributed by atoms with Crippen LogP contribution in [0.4, 0.5) is 0 Å². The average molecular weight is 384 g/mol. The Morgan fingerprint density at radius 2 is 2.04 bits per heavy atom. The zero-order valence-corrected chi connectivity index (χ0v) is 15.3. The Morgan fingerprint density at radius 1 is 1.22 bits per heavy atom. The number of oxazole rings is 1. The molecule has 1 aliphatic rings. The second-order valence-electron chi connectivity index (χ2n) is 6.28. The van der Waals surface area contributed by atoms with E-state index in [1.54, 1.807) is 35.6 Å². The van der Waals surface area contributed by atoms with Gasteiger partial charge in [0.2, 0.25) is 5.89 Å². The molecule has 0 radical (unpaired) electrons.